The van der Waals surface area contributed by atoms with Crippen molar-refractivity contribution in [2.45, 2.75) is 32.3 Å². The van der Waals surface area contributed by atoms with Crippen LogP contribution in [0.1, 0.15) is 26.2 Å². The number of carbonyl (C=O) groups is 2. The number of rotatable bonds is 6. The normalized spacial score (nSPS) is 33.4. The fraction of sp³-hybridized carbons (Fsp3) is 0.714. The minimum Gasteiger partial charge on any atom is -0.481 e. The van der Waals surface area contributed by atoms with Crippen LogP contribution in [0.25, 0.3) is 0 Å². The van der Waals surface area contributed by atoms with E-state index in [1.807, 2.05) is 12.2 Å². The summed E-state index contributed by atoms with van der Waals surface area (Å²) in [4.78, 5) is 23.4. The van der Waals surface area contributed by atoms with E-state index >= 15 is 0 Å². The van der Waals surface area contributed by atoms with Crippen LogP contribution in [0.3, 0.4) is 0 Å². The number of fused-ring (bicyclic) bond motifs is 2. The zero-order valence-electron chi connectivity index (χ0n) is 11.1. The lowest BCUT2D eigenvalue weighted by atomic mass is 9.82. The van der Waals surface area contributed by atoms with E-state index in [0.717, 1.165) is 6.42 Å². The molecule has 0 aromatic rings. The maximum absolute atomic E-state index is 12.1. The summed E-state index contributed by atoms with van der Waals surface area (Å²) in [6.45, 7) is 2.21. The number of aliphatic hydroxyl groups is 1. The Bertz CT molecular complexity index is 391. The molecule has 19 heavy (non-hydrogen) atoms. The molecule has 0 aliphatic heterocycles. The minimum atomic E-state index is -0.874. The average Bonchev–Trinajstić information content (AvgIpc) is 2.93. The van der Waals surface area contributed by atoms with Gasteiger partial charge in [0.15, 0.2) is 0 Å². The van der Waals surface area contributed by atoms with Gasteiger partial charge in [-0.05, 0) is 38.0 Å². The summed E-state index contributed by atoms with van der Waals surface area (Å²) in [6, 6.07) is 0. The molecule has 5 nitrogen and oxygen atoms in total. The van der Waals surface area contributed by atoms with Crippen LogP contribution in [0.2, 0.25) is 0 Å². The molecule has 2 aliphatic carbocycles. The van der Waals surface area contributed by atoms with Crippen molar-refractivity contribution >= 4 is 11.9 Å². The minimum absolute atomic E-state index is 0.00992. The van der Waals surface area contributed by atoms with Crippen molar-refractivity contribution in [2.75, 3.05) is 6.54 Å². The number of allylic oxidation sites excluding steroid dienone is 2. The molecule has 1 amide bonds. The first-order valence-corrected chi connectivity index (χ1v) is 6.87. The van der Waals surface area contributed by atoms with Gasteiger partial charge in [-0.3, -0.25) is 9.59 Å². The molecule has 0 spiro atoms. The summed E-state index contributed by atoms with van der Waals surface area (Å²) in [7, 11) is 0. The number of carboxylic acid groups (broad SMARTS) is 1. The molecule has 106 valence electrons. The predicted octanol–water partition coefficient (Wildman–Crippen LogP) is 0.787. The van der Waals surface area contributed by atoms with Gasteiger partial charge in [0.1, 0.15) is 0 Å². The highest BCUT2D eigenvalue weighted by atomic mass is 16.4. The predicted molar refractivity (Wildman–Crippen MR) is 69.3 cm³/mol. The smallest absolute Gasteiger partial charge is 0.307 e. The number of aliphatic hydroxyl groups excluding tert-OH is 1. The number of amides is 1. The van der Waals surface area contributed by atoms with Crippen LogP contribution in [-0.4, -0.2) is 34.7 Å². The Morgan fingerprint density at radius 2 is 1.95 bits per heavy atom. The maximum Gasteiger partial charge on any atom is 0.307 e. The molecule has 5 heteroatoms. The van der Waals surface area contributed by atoms with Crippen LogP contribution in [0.15, 0.2) is 12.2 Å². The Kier molecular flexibility index (Phi) is 4.24. The van der Waals surface area contributed by atoms with Gasteiger partial charge >= 0.3 is 5.97 Å². The van der Waals surface area contributed by atoms with Crippen molar-refractivity contribution in [3.8, 4) is 0 Å². The number of nitrogens with one attached hydrogen (secondary N) is 1. The first-order chi connectivity index (χ1) is 9.00. The first-order valence-electron chi connectivity index (χ1n) is 6.87. The molecular weight excluding hydrogens is 246 g/mol. The van der Waals surface area contributed by atoms with Crippen LogP contribution < -0.4 is 5.32 Å². The topological polar surface area (TPSA) is 86.6 Å². The summed E-state index contributed by atoms with van der Waals surface area (Å²) in [5.74, 6) is -1.96. The van der Waals surface area contributed by atoms with E-state index in [4.69, 9.17) is 5.11 Å². The number of hydrogen-bond donors (Lipinski definition) is 3. The van der Waals surface area contributed by atoms with Gasteiger partial charge in [0.05, 0.1) is 17.9 Å². The van der Waals surface area contributed by atoms with Crippen LogP contribution in [-0.2, 0) is 9.59 Å². The average molecular weight is 267 g/mol. The van der Waals surface area contributed by atoms with E-state index in [1.165, 1.54) is 0 Å². The lowest BCUT2D eigenvalue weighted by molar-refractivity contribution is -0.147. The Labute approximate surface area is 112 Å². The van der Waals surface area contributed by atoms with Gasteiger partial charge in [0.25, 0.3) is 0 Å². The quantitative estimate of drug-likeness (QED) is 0.490. The largest absolute Gasteiger partial charge is 0.481 e. The van der Waals surface area contributed by atoms with Crippen molar-refractivity contribution in [1.29, 1.82) is 0 Å². The standard InChI is InChI=1S/C14H21NO4/c1-8(16)3-2-6-15-13(17)11-9-4-5-10(7-9)12(11)14(18)19/h4-5,8-12,16H,2-3,6-7H2,1H3,(H,15,17)(H,18,19). The molecule has 5 atom stereocenters. The van der Waals surface area contributed by atoms with E-state index in [2.05, 4.69) is 5.32 Å². The monoisotopic (exact) mass is 267 g/mol. The fourth-order valence-electron chi connectivity index (χ4n) is 3.24. The number of aliphatic carboxylic acids is 1. The Morgan fingerprint density at radius 3 is 2.53 bits per heavy atom. The molecule has 2 rings (SSSR count). The van der Waals surface area contributed by atoms with E-state index in [9.17, 15) is 14.7 Å². The molecule has 0 aromatic heterocycles. The Balaban J connectivity index is 1.88. The molecule has 2 bridgehead atoms. The van der Waals surface area contributed by atoms with Gasteiger partial charge < -0.3 is 15.5 Å². The van der Waals surface area contributed by atoms with Gasteiger partial charge in [-0.25, -0.2) is 0 Å². The van der Waals surface area contributed by atoms with Crippen molar-refractivity contribution in [1.82, 2.24) is 5.32 Å². The first kappa shape index (κ1) is 14.1. The SMILES string of the molecule is CC(O)CCCNC(=O)C1C2C=CC(C2)C1C(=O)O. The Hall–Kier alpha value is -1.36. The van der Waals surface area contributed by atoms with Crippen LogP contribution in [0.4, 0.5) is 0 Å². The summed E-state index contributed by atoms with van der Waals surface area (Å²) >= 11 is 0. The molecule has 0 aromatic carbocycles. The summed E-state index contributed by atoms with van der Waals surface area (Å²) < 4.78 is 0. The van der Waals surface area contributed by atoms with Crippen molar-refractivity contribution < 1.29 is 19.8 Å². The highest BCUT2D eigenvalue weighted by Gasteiger charge is 2.51. The number of carboxylic acids is 1. The van der Waals surface area contributed by atoms with Gasteiger partial charge in [0, 0.05) is 6.54 Å². The third-order valence-corrected chi connectivity index (χ3v) is 4.15. The van der Waals surface area contributed by atoms with Crippen molar-refractivity contribution in [3.63, 3.8) is 0 Å². The third kappa shape index (κ3) is 2.97. The fourth-order valence-corrected chi connectivity index (χ4v) is 3.24. The summed E-state index contributed by atoms with van der Waals surface area (Å²) in [5.41, 5.74) is 0. The van der Waals surface area contributed by atoms with Gasteiger partial charge in [-0.15, -0.1) is 0 Å². The zero-order valence-corrected chi connectivity index (χ0v) is 11.1. The molecule has 1 saturated carbocycles. The molecule has 0 heterocycles. The molecule has 5 unspecified atom stereocenters. The molecular formula is C14H21NO4. The number of hydrogen-bond acceptors (Lipinski definition) is 3. The van der Waals surface area contributed by atoms with Gasteiger partial charge in [0.2, 0.25) is 5.91 Å². The zero-order chi connectivity index (χ0) is 14.0. The third-order valence-electron chi connectivity index (χ3n) is 4.15. The highest BCUT2D eigenvalue weighted by molar-refractivity contribution is 5.86. The van der Waals surface area contributed by atoms with E-state index < -0.39 is 17.8 Å². The lowest BCUT2D eigenvalue weighted by Crippen LogP contribution is -2.40. The molecule has 0 radical (unpaired) electrons. The molecule has 3 N–H and O–H groups in total. The second-order valence-electron chi connectivity index (χ2n) is 5.62. The second-order valence-corrected chi connectivity index (χ2v) is 5.62. The van der Waals surface area contributed by atoms with Crippen LogP contribution in [0, 0.1) is 23.7 Å². The maximum atomic E-state index is 12.1. The van der Waals surface area contributed by atoms with Crippen molar-refractivity contribution in [3.05, 3.63) is 12.2 Å². The summed E-state index contributed by atoms with van der Waals surface area (Å²) in [6.07, 6.45) is 5.67. The second kappa shape index (κ2) is 5.74. The highest BCUT2D eigenvalue weighted by Crippen LogP contribution is 2.48. The summed E-state index contributed by atoms with van der Waals surface area (Å²) in [5, 5.41) is 21.2. The molecule has 2 aliphatic rings. The Morgan fingerprint density at radius 1 is 1.32 bits per heavy atom. The molecule has 1 fully saturated rings. The van der Waals surface area contributed by atoms with Crippen molar-refractivity contribution in [2.24, 2.45) is 23.7 Å². The van der Waals surface area contributed by atoms with Crippen LogP contribution >= 0.6 is 0 Å². The lowest BCUT2D eigenvalue weighted by Gasteiger charge is -2.23. The van der Waals surface area contributed by atoms with Gasteiger partial charge in [-0.2, -0.15) is 0 Å². The van der Waals surface area contributed by atoms with Crippen LogP contribution in [0.5, 0.6) is 0 Å². The molecule has 0 saturated heterocycles. The van der Waals surface area contributed by atoms with E-state index in [0.29, 0.717) is 19.4 Å². The van der Waals surface area contributed by atoms with E-state index in [-0.39, 0.29) is 23.8 Å². The van der Waals surface area contributed by atoms with Gasteiger partial charge in [-0.1, -0.05) is 12.2 Å². The van der Waals surface area contributed by atoms with E-state index in [1.54, 1.807) is 6.92 Å². The number of carbonyl (C=O) groups excluding carboxylic acids is 1.